The van der Waals surface area contributed by atoms with E-state index in [1.54, 1.807) is 4.90 Å². The quantitative estimate of drug-likeness (QED) is 0.602. The second-order valence-corrected chi connectivity index (χ2v) is 4.45. The van der Waals surface area contributed by atoms with Crippen LogP contribution in [0.4, 0.5) is 4.79 Å². The molecule has 1 aliphatic heterocycles. The summed E-state index contributed by atoms with van der Waals surface area (Å²) < 4.78 is 5.03. The molecule has 1 heterocycles. The zero-order chi connectivity index (χ0) is 9.35. The number of hydrogen-bond donors (Lipinski definition) is 0. The van der Waals surface area contributed by atoms with Crippen molar-refractivity contribution >= 4 is 6.09 Å². The lowest BCUT2D eigenvalue weighted by Crippen LogP contribution is -2.55. The zero-order valence-corrected chi connectivity index (χ0v) is 8.26. The first-order chi connectivity index (χ1) is 5.41. The minimum Gasteiger partial charge on any atom is -0.447 e. The van der Waals surface area contributed by atoms with Crippen molar-refractivity contribution in [1.82, 2.24) is 4.90 Å². The Labute approximate surface area is 73.7 Å². The summed E-state index contributed by atoms with van der Waals surface area (Å²) in [5, 5.41) is 0. The molecule has 0 atom stereocenters. The topological polar surface area (TPSA) is 29.5 Å². The number of hydrogen-bond acceptors (Lipinski definition) is 2. The molecule has 70 valence electrons. The van der Waals surface area contributed by atoms with Crippen molar-refractivity contribution in [2.24, 2.45) is 5.41 Å². The predicted molar refractivity (Wildman–Crippen MR) is 47.0 cm³/mol. The molecule has 0 radical (unpaired) electrons. The molecule has 1 aliphatic rings. The molecule has 3 heteroatoms. The Morgan fingerprint density at radius 2 is 1.92 bits per heavy atom. The van der Waals surface area contributed by atoms with E-state index in [1.807, 2.05) is 13.8 Å². The Bertz CT molecular complexity index is 179. The zero-order valence-electron chi connectivity index (χ0n) is 8.26. The predicted octanol–water partition coefficient (Wildman–Crippen LogP) is 1.87. The normalized spacial score (nSPS) is 20.6. The molecule has 0 N–H and O–H groups in total. The largest absolute Gasteiger partial charge is 0.447 e. The third-order valence-electron chi connectivity index (χ3n) is 1.83. The van der Waals surface area contributed by atoms with Crippen LogP contribution in [0.15, 0.2) is 0 Å². The molecule has 1 rings (SSSR count). The van der Waals surface area contributed by atoms with Gasteiger partial charge in [0.1, 0.15) is 0 Å². The molecule has 1 saturated heterocycles. The van der Waals surface area contributed by atoms with Crippen molar-refractivity contribution in [1.29, 1.82) is 0 Å². The standard InChI is InChI=1S/C9H17NO2/c1-7(2)12-8(11)10-5-9(3,4)6-10/h7H,5-6H2,1-4H3. The summed E-state index contributed by atoms with van der Waals surface area (Å²) in [5.74, 6) is 0. The third-order valence-corrected chi connectivity index (χ3v) is 1.83. The van der Waals surface area contributed by atoms with Crippen molar-refractivity contribution in [3.8, 4) is 0 Å². The smallest absolute Gasteiger partial charge is 0.410 e. The van der Waals surface area contributed by atoms with Crippen LogP contribution in [0.2, 0.25) is 0 Å². The molecule has 0 aliphatic carbocycles. The van der Waals surface area contributed by atoms with Crippen LogP contribution in [0.25, 0.3) is 0 Å². The number of nitrogens with zero attached hydrogens (tertiary/aromatic N) is 1. The van der Waals surface area contributed by atoms with E-state index in [2.05, 4.69) is 13.8 Å². The average molecular weight is 171 g/mol. The maximum Gasteiger partial charge on any atom is 0.410 e. The molecule has 3 nitrogen and oxygen atoms in total. The fourth-order valence-electron chi connectivity index (χ4n) is 1.39. The highest BCUT2D eigenvalue weighted by atomic mass is 16.6. The summed E-state index contributed by atoms with van der Waals surface area (Å²) in [6.45, 7) is 9.65. The van der Waals surface area contributed by atoms with Crippen LogP contribution in [0.5, 0.6) is 0 Å². The fraction of sp³-hybridized carbons (Fsp3) is 0.889. The first kappa shape index (κ1) is 9.36. The third kappa shape index (κ3) is 2.13. The van der Waals surface area contributed by atoms with Crippen LogP contribution >= 0.6 is 0 Å². The van der Waals surface area contributed by atoms with Crippen LogP contribution in [0, 0.1) is 5.41 Å². The van der Waals surface area contributed by atoms with E-state index in [1.165, 1.54) is 0 Å². The van der Waals surface area contributed by atoms with Crippen molar-refractivity contribution < 1.29 is 9.53 Å². The van der Waals surface area contributed by atoms with Gasteiger partial charge in [0.25, 0.3) is 0 Å². The van der Waals surface area contributed by atoms with E-state index in [4.69, 9.17) is 4.74 Å². The van der Waals surface area contributed by atoms with E-state index >= 15 is 0 Å². The molecular weight excluding hydrogens is 154 g/mol. The minimum atomic E-state index is -0.177. The van der Waals surface area contributed by atoms with Gasteiger partial charge in [-0.15, -0.1) is 0 Å². The van der Waals surface area contributed by atoms with E-state index in [0.717, 1.165) is 13.1 Å². The van der Waals surface area contributed by atoms with Crippen LogP contribution in [-0.4, -0.2) is 30.2 Å². The van der Waals surface area contributed by atoms with Crippen LogP contribution in [-0.2, 0) is 4.74 Å². The van der Waals surface area contributed by atoms with Gasteiger partial charge < -0.3 is 9.64 Å². The van der Waals surface area contributed by atoms with Crippen LogP contribution < -0.4 is 0 Å². The molecule has 0 unspecified atom stereocenters. The number of ether oxygens (including phenoxy) is 1. The molecule has 1 fully saturated rings. The highest BCUT2D eigenvalue weighted by molar-refractivity contribution is 5.69. The second-order valence-electron chi connectivity index (χ2n) is 4.45. The lowest BCUT2D eigenvalue weighted by atomic mass is 9.85. The Kier molecular flexibility index (Phi) is 2.31. The molecule has 0 aromatic rings. The SMILES string of the molecule is CC(C)OC(=O)N1CC(C)(C)C1. The number of carbonyl (C=O) groups excluding carboxylic acids is 1. The molecule has 0 aromatic heterocycles. The van der Waals surface area contributed by atoms with Gasteiger partial charge in [-0.25, -0.2) is 4.79 Å². The number of amides is 1. The van der Waals surface area contributed by atoms with E-state index in [0.29, 0.717) is 0 Å². The Morgan fingerprint density at radius 1 is 1.42 bits per heavy atom. The number of rotatable bonds is 1. The van der Waals surface area contributed by atoms with Gasteiger partial charge in [0.2, 0.25) is 0 Å². The fourth-order valence-corrected chi connectivity index (χ4v) is 1.39. The summed E-state index contributed by atoms with van der Waals surface area (Å²) in [6, 6.07) is 0. The summed E-state index contributed by atoms with van der Waals surface area (Å²) in [7, 11) is 0. The maximum atomic E-state index is 11.2. The van der Waals surface area contributed by atoms with Gasteiger partial charge in [-0.3, -0.25) is 0 Å². The van der Waals surface area contributed by atoms with Gasteiger partial charge in [0, 0.05) is 18.5 Å². The second kappa shape index (κ2) is 2.96. The highest BCUT2D eigenvalue weighted by Gasteiger charge is 2.38. The lowest BCUT2D eigenvalue weighted by molar-refractivity contribution is 0.00534. The summed E-state index contributed by atoms with van der Waals surface area (Å²) in [6.07, 6.45) is -0.189. The Morgan fingerprint density at radius 3 is 2.25 bits per heavy atom. The molecule has 0 saturated carbocycles. The average Bonchev–Trinajstić information content (AvgIpc) is 1.80. The van der Waals surface area contributed by atoms with Gasteiger partial charge >= 0.3 is 6.09 Å². The molecule has 12 heavy (non-hydrogen) atoms. The monoisotopic (exact) mass is 171 g/mol. The van der Waals surface area contributed by atoms with Crippen LogP contribution in [0.1, 0.15) is 27.7 Å². The highest BCUT2D eigenvalue weighted by Crippen LogP contribution is 2.29. The Hall–Kier alpha value is -0.730. The van der Waals surface area contributed by atoms with Gasteiger partial charge in [-0.1, -0.05) is 13.8 Å². The molecule has 0 bridgehead atoms. The Balaban J connectivity index is 2.29. The van der Waals surface area contributed by atoms with Crippen molar-refractivity contribution in [2.75, 3.05) is 13.1 Å². The minimum absolute atomic E-state index is 0.0128. The van der Waals surface area contributed by atoms with Gasteiger partial charge in [0.05, 0.1) is 6.10 Å². The van der Waals surface area contributed by atoms with Crippen LogP contribution in [0.3, 0.4) is 0 Å². The molecule has 0 spiro atoms. The molecule has 0 aromatic carbocycles. The molecular formula is C9H17NO2. The van der Waals surface area contributed by atoms with E-state index < -0.39 is 0 Å². The van der Waals surface area contributed by atoms with Crippen molar-refractivity contribution in [3.63, 3.8) is 0 Å². The van der Waals surface area contributed by atoms with E-state index in [9.17, 15) is 4.79 Å². The summed E-state index contributed by atoms with van der Waals surface area (Å²) >= 11 is 0. The molecule has 1 amide bonds. The summed E-state index contributed by atoms with van der Waals surface area (Å²) in [4.78, 5) is 13.0. The van der Waals surface area contributed by atoms with E-state index in [-0.39, 0.29) is 17.6 Å². The lowest BCUT2D eigenvalue weighted by Gasteiger charge is -2.44. The van der Waals surface area contributed by atoms with Gasteiger partial charge in [0.15, 0.2) is 0 Å². The van der Waals surface area contributed by atoms with Gasteiger partial charge in [-0.2, -0.15) is 0 Å². The number of carbonyl (C=O) groups is 1. The van der Waals surface area contributed by atoms with Crippen molar-refractivity contribution in [2.45, 2.75) is 33.8 Å². The van der Waals surface area contributed by atoms with Gasteiger partial charge in [-0.05, 0) is 13.8 Å². The maximum absolute atomic E-state index is 11.2. The number of likely N-dealkylation sites (tertiary alicyclic amines) is 1. The summed E-state index contributed by atoms with van der Waals surface area (Å²) in [5.41, 5.74) is 0.288. The first-order valence-corrected chi connectivity index (χ1v) is 4.36. The van der Waals surface area contributed by atoms with Crippen molar-refractivity contribution in [3.05, 3.63) is 0 Å². The first-order valence-electron chi connectivity index (χ1n) is 4.36.